The minimum atomic E-state index is -0.633. The summed E-state index contributed by atoms with van der Waals surface area (Å²) in [5.74, 6) is -0.0826. The van der Waals surface area contributed by atoms with Gasteiger partial charge in [0.25, 0.3) is 17.4 Å². The van der Waals surface area contributed by atoms with Crippen LogP contribution in [0, 0.1) is 0 Å². The highest BCUT2D eigenvalue weighted by molar-refractivity contribution is 7.99. The van der Waals surface area contributed by atoms with Crippen molar-refractivity contribution in [1.82, 2.24) is 19.9 Å². The van der Waals surface area contributed by atoms with E-state index < -0.39 is 17.4 Å². The number of methoxy groups -OCH3 is 2. The highest BCUT2D eigenvalue weighted by Crippen LogP contribution is 2.40. The van der Waals surface area contributed by atoms with Gasteiger partial charge < -0.3 is 15.2 Å². The zero-order chi connectivity index (χ0) is 26.1. The largest absolute Gasteiger partial charge is 0.481 e. The van der Waals surface area contributed by atoms with Crippen LogP contribution in [0.1, 0.15) is 37.4 Å². The Morgan fingerprint density at radius 2 is 1.54 bits per heavy atom. The first kappa shape index (κ1) is 24.1. The molecule has 0 aliphatic carbocycles. The number of aromatic nitrogens is 3. The molecule has 0 fully saturated rings. The third-order valence-electron chi connectivity index (χ3n) is 5.75. The highest BCUT2D eigenvalue weighted by atomic mass is 32.2. The van der Waals surface area contributed by atoms with Gasteiger partial charge in [-0.3, -0.25) is 24.3 Å². The molecule has 0 bridgehead atoms. The standard InChI is InChI=1S/C26H21N5O5S/c1-35-18-13-19(36-2)29-24(28-18)22(14-6-4-3-5-7-14)37-16-10-8-15(9-11-16)31-20(32)12-17-21(23(31)27)26(34)30-25(17)33/h3-13,22H,27H2,1-2H3,(H,30,33,34). The molecule has 0 radical (unpaired) electrons. The van der Waals surface area contributed by atoms with Crippen molar-refractivity contribution in [3.63, 3.8) is 0 Å². The highest BCUT2D eigenvalue weighted by Gasteiger charge is 2.32. The van der Waals surface area contributed by atoms with E-state index in [1.807, 2.05) is 42.5 Å². The van der Waals surface area contributed by atoms with Crippen molar-refractivity contribution in [2.45, 2.75) is 10.1 Å². The fourth-order valence-corrected chi connectivity index (χ4v) is 5.07. The Bertz CT molecular complexity index is 1550. The van der Waals surface area contributed by atoms with Crippen LogP contribution in [0.4, 0.5) is 5.82 Å². The second-order valence-corrected chi connectivity index (χ2v) is 9.17. The Morgan fingerprint density at radius 1 is 0.892 bits per heavy atom. The van der Waals surface area contributed by atoms with Crippen LogP contribution < -0.4 is 26.1 Å². The number of imide groups is 1. The summed E-state index contributed by atoms with van der Waals surface area (Å²) in [6.07, 6.45) is 0. The number of nitrogens with one attached hydrogen (secondary N) is 1. The van der Waals surface area contributed by atoms with E-state index in [2.05, 4.69) is 15.3 Å². The molecule has 37 heavy (non-hydrogen) atoms. The first-order valence-electron chi connectivity index (χ1n) is 11.1. The van der Waals surface area contributed by atoms with Gasteiger partial charge in [-0.15, -0.1) is 11.8 Å². The van der Waals surface area contributed by atoms with Gasteiger partial charge in [0.1, 0.15) is 5.82 Å². The fraction of sp³-hybridized carbons (Fsp3) is 0.115. The van der Waals surface area contributed by atoms with Crippen molar-refractivity contribution < 1.29 is 19.1 Å². The van der Waals surface area contributed by atoms with Crippen LogP contribution >= 0.6 is 11.8 Å². The van der Waals surface area contributed by atoms with Crippen molar-refractivity contribution in [2.75, 3.05) is 20.0 Å². The Morgan fingerprint density at radius 3 is 2.16 bits per heavy atom. The summed E-state index contributed by atoms with van der Waals surface area (Å²) >= 11 is 1.50. The number of ether oxygens (including phenoxy) is 2. The van der Waals surface area contributed by atoms with Crippen LogP contribution in [-0.2, 0) is 0 Å². The number of rotatable bonds is 7. The third-order valence-corrected chi connectivity index (χ3v) is 7.02. The third kappa shape index (κ3) is 4.52. The maximum Gasteiger partial charge on any atom is 0.262 e. The second-order valence-electron chi connectivity index (χ2n) is 7.99. The van der Waals surface area contributed by atoms with E-state index in [0.29, 0.717) is 23.3 Å². The van der Waals surface area contributed by atoms with Gasteiger partial charge in [-0.1, -0.05) is 30.3 Å². The average Bonchev–Trinajstić information content (AvgIpc) is 3.20. The second kappa shape index (κ2) is 9.78. The molecule has 1 aliphatic heterocycles. The summed E-state index contributed by atoms with van der Waals surface area (Å²) < 4.78 is 11.9. The maximum atomic E-state index is 12.8. The van der Waals surface area contributed by atoms with E-state index in [0.717, 1.165) is 16.5 Å². The van der Waals surface area contributed by atoms with Crippen LogP contribution in [0.5, 0.6) is 11.8 Å². The summed E-state index contributed by atoms with van der Waals surface area (Å²) in [7, 11) is 3.06. The first-order chi connectivity index (χ1) is 17.9. The zero-order valence-electron chi connectivity index (χ0n) is 19.8. The van der Waals surface area contributed by atoms with Gasteiger partial charge in [0, 0.05) is 11.0 Å². The number of nitrogens with two attached hydrogens (primary N) is 1. The SMILES string of the molecule is COc1cc(OC)nc(C(Sc2ccc(-n3c(N)c4c(cc3=O)C(=O)NC4=O)cc2)c2ccccc2)n1. The predicted molar refractivity (Wildman–Crippen MR) is 138 cm³/mol. The number of carbonyl (C=O) groups is 2. The van der Waals surface area contributed by atoms with Crippen LogP contribution in [0.3, 0.4) is 0 Å². The molecule has 0 spiro atoms. The molecule has 0 saturated carbocycles. The summed E-state index contributed by atoms with van der Waals surface area (Å²) in [5.41, 5.74) is 7.04. The zero-order valence-corrected chi connectivity index (χ0v) is 20.6. The van der Waals surface area contributed by atoms with Crippen molar-refractivity contribution in [1.29, 1.82) is 0 Å². The quantitative estimate of drug-likeness (QED) is 0.281. The molecule has 1 aliphatic rings. The van der Waals surface area contributed by atoms with Crippen LogP contribution in [0.15, 0.2) is 76.4 Å². The van der Waals surface area contributed by atoms with Crippen LogP contribution in [-0.4, -0.2) is 40.6 Å². The monoisotopic (exact) mass is 515 g/mol. The van der Waals surface area contributed by atoms with Gasteiger partial charge in [-0.2, -0.15) is 9.97 Å². The number of carbonyl (C=O) groups excluding carboxylic acids is 2. The molecule has 5 rings (SSSR count). The maximum absolute atomic E-state index is 12.8. The Labute approximate surface area is 215 Å². The first-order valence-corrected chi connectivity index (χ1v) is 12.0. The number of nitrogens with zero attached hydrogens (tertiary/aromatic N) is 3. The average molecular weight is 516 g/mol. The molecule has 10 nitrogen and oxygen atoms in total. The van der Waals surface area contributed by atoms with Crippen LogP contribution in [0.2, 0.25) is 0 Å². The molecule has 2 amide bonds. The molecule has 1 unspecified atom stereocenters. The molecule has 11 heteroatoms. The van der Waals surface area contributed by atoms with E-state index in [-0.39, 0.29) is 22.2 Å². The predicted octanol–water partition coefficient (Wildman–Crippen LogP) is 2.99. The molecule has 186 valence electrons. The van der Waals surface area contributed by atoms with Gasteiger partial charge in [-0.25, -0.2) is 0 Å². The van der Waals surface area contributed by atoms with E-state index >= 15 is 0 Å². The number of hydrogen-bond donors (Lipinski definition) is 2. The lowest BCUT2D eigenvalue weighted by Crippen LogP contribution is -2.24. The minimum Gasteiger partial charge on any atom is -0.481 e. The van der Waals surface area contributed by atoms with Gasteiger partial charge in [0.15, 0.2) is 5.82 Å². The van der Waals surface area contributed by atoms with Gasteiger partial charge in [-0.05, 0) is 29.8 Å². The Kier molecular flexibility index (Phi) is 6.36. The number of fused-ring (bicyclic) bond motifs is 1. The molecule has 4 aromatic rings. The molecule has 0 saturated heterocycles. The summed E-state index contributed by atoms with van der Waals surface area (Å²) in [6.45, 7) is 0. The van der Waals surface area contributed by atoms with E-state index in [1.165, 1.54) is 30.5 Å². The lowest BCUT2D eigenvalue weighted by molar-refractivity contribution is 0.0880. The molecule has 1 atom stereocenters. The molecule has 3 N–H and O–H groups in total. The molecule has 3 heterocycles. The number of hydrogen-bond acceptors (Lipinski definition) is 9. The number of nitrogen functional groups attached to an aromatic ring is 1. The molecule has 2 aromatic heterocycles. The van der Waals surface area contributed by atoms with Crippen molar-refractivity contribution in [3.8, 4) is 17.4 Å². The minimum absolute atomic E-state index is 0.00341. The number of thioether (sulfide) groups is 1. The summed E-state index contributed by atoms with van der Waals surface area (Å²) in [4.78, 5) is 46.8. The smallest absolute Gasteiger partial charge is 0.262 e. The number of benzene rings is 2. The Balaban J connectivity index is 1.51. The summed E-state index contributed by atoms with van der Waals surface area (Å²) in [5, 5.41) is 1.87. The van der Waals surface area contributed by atoms with E-state index in [9.17, 15) is 14.4 Å². The number of amides is 2. The van der Waals surface area contributed by atoms with E-state index in [1.54, 1.807) is 18.2 Å². The van der Waals surface area contributed by atoms with Gasteiger partial charge >= 0.3 is 0 Å². The topological polar surface area (TPSA) is 138 Å². The normalized spacial score (nSPS) is 13.1. The molecular formula is C26H21N5O5S. The van der Waals surface area contributed by atoms with Crippen LogP contribution in [0.25, 0.3) is 5.69 Å². The van der Waals surface area contributed by atoms with Crippen molar-refractivity contribution >= 4 is 29.4 Å². The lowest BCUT2D eigenvalue weighted by Gasteiger charge is -2.18. The fourth-order valence-electron chi connectivity index (χ4n) is 4.00. The molecular weight excluding hydrogens is 494 g/mol. The summed E-state index contributed by atoms with van der Waals surface area (Å²) in [6, 6.07) is 19.6. The van der Waals surface area contributed by atoms with Gasteiger partial charge in [0.05, 0.1) is 42.4 Å². The van der Waals surface area contributed by atoms with E-state index in [4.69, 9.17) is 15.2 Å². The van der Waals surface area contributed by atoms with Crippen molar-refractivity contribution in [3.05, 3.63) is 99.6 Å². The van der Waals surface area contributed by atoms with Crippen molar-refractivity contribution in [2.24, 2.45) is 0 Å². The van der Waals surface area contributed by atoms with Gasteiger partial charge in [0.2, 0.25) is 11.8 Å². The number of pyridine rings is 1. The number of anilines is 1. The molecule has 2 aromatic carbocycles. The Hall–Kier alpha value is -4.64. The lowest BCUT2D eigenvalue weighted by atomic mass is 10.1.